The topological polar surface area (TPSA) is 128 Å². The van der Waals surface area contributed by atoms with Crippen LogP contribution in [-0.2, 0) is 11.3 Å². The highest BCUT2D eigenvalue weighted by molar-refractivity contribution is 6.36. The van der Waals surface area contributed by atoms with Crippen LogP contribution in [0.1, 0.15) is 33.6 Å². The van der Waals surface area contributed by atoms with Gasteiger partial charge in [-0.1, -0.05) is 31.5 Å². The highest BCUT2D eigenvalue weighted by Crippen LogP contribution is 2.31. The van der Waals surface area contributed by atoms with E-state index in [1.165, 1.54) is 0 Å². The van der Waals surface area contributed by atoms with Gasteiger partial charge in [0, 0.05) is 38.1 Å². The number of likely N-dealkylation sites (tertiary alicyclic amines) is 1. The molecule has 0 bridgehead atoms. The van der Waals surface area contributed by atoms with Gasteiger partial charge in [-0.25, -0.2) is 0 Å². The van der Waals surface area contributed by atoms with Crippen LogP contribution >= 0.6 is 11.6 Å². The predicted octanol–water partition coefficient (Wildman–Crippen LogP) is 4.08. The van der Waals surface area contributed by atoms with Crippen molar-refractivity contribution >= 4 is 46.0 Å². The second kappa shape index (κ2) is 10.1. The summed E-state index contributed by atoms with van der Waals surface area (Å²) in [6.45, 7) is 7.76. The number of allylic oxidation sites excluding steroid dienone is 1. The fourth-order valence-electron chi connectivity index (χ4n) is 4.02. The van der Waals surface area contributed by atoms with Crippen LogP contribution in [0.25, 0.3) is 11.0 Å². The van der Waals surface area contributed by atoms with E-state index in [-0.39, 0.29) is 23.4 Å². The highest BCUT2D eigenvalue weighted by Gasteiger charge is 2.27. The molecule has 11 heteroatoms. The molecule has 3 aromatic rings. The molecule has 0 saturated carbocycles. The predicted molar refractivity (Wildman–Crippen MR) is 132 cm³/mol. The minimum atomic E-state index is -0.231. The number of carbonyl (C=O) groups is 1. The van der Waals surface area contributed by atoms with Crippen molar-refractivity contribution in [2.45, 2.75) is 46.2 Å². The average Bonchev–Trinajstić information content (AvgIpc) is 3.43. The Hall–Kier alpha value is -3.58. The van der Waals surface area contributed by atoms with Gasteiger partial charge in [0.15, 0.2) is 0 Å². The monoisotopic (exact) mass is 481 g/mol. The largest absolute Gasteiger partial charge is 0.365 e. The Labute approximate surface area is 203 Å². The number of anilines is 3. The van der Waals surface area contributed by atoms with E-state index in [0.29, 0.717) is 40.9 Å². The fraction of sp³-hybridized carbons (Fsp3) is 0.435. The van der Waals surface area contributed by atoms with Crippen LogP contribution in [0.2, 0.25) is 5.02 Å². The number of carbonyl (C=O) groups excluding carboxylic acids is 1. The van der Waals surface area contributed by atoms with Gasteiger partial charge in [0.2, 0.25) is 5.95 Å². The number of rotatable bonds is 7. The minimum Gasteiger partial charge on any atom is -0.365 e. The summed E-state index contributed by atoms with van der Waals surface area (Å²) in [6, 6.07) is 2.01. The zero-order valence-corrected chi connectivity index (χ0v) is 20.2. The van der Waals surface area contributed by atoms with Crippen LogP contribution in [0.5, 0.6) is 0 Å². The quantitative estimate of drug-likeness (QED) is 0.342. The SMILES string of the molecule is CCn1cc(Nc2nc(NC3CCCN(C(=O)/C(C#N)=C/C(C)C)C3)c3c(Cl)c[nH]c3n2)cn1. The number of piperidine rings is 1. The molecule has 4 rings (SSSR count). The normalized spacial score (nSPS) is 16.6. The molecule has 0 radical (unpaired) electrons. The molecule has 0 aromatic carbocycles. The second-order valence-electron chi connectivity index (χ2n) is 8.64. The van der Waals surface area contributed by atoms with Crippen molar-refractivity contribution in [1.82, 2.24) is 29.6 Å². The molecule has 4 heterocycles. The molecule has 0 aliphatic carbocycles. The maximum atomic E-state index is 12.9. The summed E-state index contributed by atoms with van der Waals surface area (Å²) >= 11 is 6.42. The Bertz CT molecular complexity index is 1250. The van der Waals surface area contributed by atoms with Gasteiger partial charge in [-0.2, -0.15) is 20.3 Å². The molecule has 34 heavy (non-hydrogen) atoms. The third kappa shape index (κ3) is 5.15. The number of fused-ring (bicyclic) bond motifs is 1. The van der Waals surface area contributed by atoms with Gasteiger partial charge >= 0.3 is 0 Å². The molecule has 1 atom stereocenters. The number of aryl methyl sites for hydroxylation is 1. The number of nitriles is 1. The molecule has 3 N–H and O–H groups in total. The molecule has 1 amide bonds. The summed E-state index contributed by atoms with van der Waals surface area (Å²) in [4.78, 5) is 26.9. The van der Waals surface area contributed by atoms with E-state index < -0.39 is 0 Å². The van der Waals surface area contributed by atoms with Crippen molar-refractivity contribution in [3.05, 3.63) is 35.3 Å². The molecule has 1 aliphatic heterocycles. The van der Waals surface area contributed by atoms with Crippen LogP contribution in [0.15, 0.2) is 30.2 Å². The Kier molecular flexibility index (Phi) is 7.03. The molecular formula is C23H28ClN9O. The van der Waals surface area contributed by atoms with Gasteiger partial charge in [0.25, 0.3) is 5.91 Å². The van der Waals surface area contributed by atoms with Gasteiger partial charge in [0.05, 0.1) is 22.3 Å². The fourth-order valence-corrected chi connectivity index (χ4v) is 4.25. The number of nitrogens with zero attached hydrogens (tertiary/aromatic N) is 6. The smallest absolute Gasteiger partial charge is 0.264 e. The lowest BCUT2D eigenvalue weighted by atomic mass is 10.0. The number of hydrogen-bond acceptors (Lipinski definition) is 7. The third-order valence-electron chi connectivity index (χ3n) is 5.60. The minimum absolute atomic E-state index is 0.0450. The second-order valence-corrected chi connectivity index (χ2v) is 9.04. The lowest BCUT2D eigenvalue weighted by molar-refractivity contribution is -0.127. The first-order valence-electron chi connectivity index (χ1n) is 11.4. The zero-order chi connectivity index (χ0) is 24.2. The zero-order valence-electron chi connectivity index (χ0n) is 19.5. The number of hydrogen-bond donors (Lipinski definition) is 3. The average molecular weight is 482 g/mol. The van der Waals surface area contributed by atoms with Crippen molar-refractivity contribution in [2.75, 3.05) is 23.7 Å². The highest BCUT2D eigenvalue weighted by atomic mass is 35.5. The van der Waals surface area contributed by atoms with Crippen LogP contribution in [0.3, 0.4) is 0 Å². The van der Waals surface area contributed by atoms with E-state index in [1.54, 1.807) is 23.4 Å². The number of amides is 1. The molecule has 1 saturated heterocycles. The maximum Gasteiger partial charge on any atom is 0.264 e. The number of H-pyrrole nitrogens is 1. The molecular weight excluding hydrogens is 454 g/mol. The van der Waals surface area contributed by atoms with E-state index in [0.717, 1.165) is 25.1 Å². The van der Waals surface area contributed by atoms with Gasteiger partial charge < -0.3 is 20.5 Å². The summed E-state index contributed by atoms with van der Waals surface area (Å²) in [5.74, 6) is 0.877. The lowest BCUT2D eigenvalue weighted by Gasteiger charge is -2.33. The van der Waals surface area contributed by atoms with E-state index in [1.807, 2.05) is 31.6 Å². The van der Waals surface area contributed by atoms with Crippen molar-refractivity contribution in [3.63, 3.8) is 0 Å². The lowest BCUT2D eigenvalue weighted by Crippen LogP contribution is -2.45. The molecule has 178 valence electrons. The van der Waals surface area contributed by atoms with E-state index in [9.17, 15) is 10.1 Å². The van der Waals surface area contributed by atoms with Crippen molar-refractivity contribution < 1.29 is 4.79 Å². The van der Waals surface area contributed by atoms with Crippen LogP contribution < -0.4 is 10.6 Å². The van der Waals surface area contributed by atoms with Gasteiger partial charge in [-0.05, 0) is 25.7 Å². The Morgan fingerprint density at radius 2 is 2.26 bits per heavy atom. The number of aromatic amines is 1. The summed E-state index contributed by atoms with van der Waals surface area (Å²) in [5.41, 5.74) is 1.57. The Morgan fingerprint density at radius 1 is 1.44 bits per heavy atom. The molecule has 1 aliphatic rings. The molecule has 1 fully saturated rings. The summed E-state index contributed by atoms with van der Waals surface area (Å²) < 4.78 is 1.81. The number of halogens is 1. The van der Waals surface area contributed by atoms with Crippen molar-refractivity contribution in [2.24, 2.45) is 5.92 Å². The first-order chi connectivity index (χ1) is 16.4. The Morgan fingerprint density at radius 3 is 2.97 bits per heavy atom. The summed E-state index contributed by atoms with van der Waals surface area (Å²) in [7, 11) is 0. The van der Waals surface area contributed by atoms with Crippen molar-refractivity contribution in [3.8, 4) is 6.07 Å². The maximum absolute atomic E-state index is 12.9. The van der Waals surface area contributed by atoms with E-state index >= 15 is 0 Å². The third-order valence-corrected chi connectivity index (χ3v) is 5.90. The van der Waals surface area contributed by atoms with E-state index in [2.05, 4.69) is 36.8 Å². The first kappa shape index (κ1) is 23.6. The van der Waals surface area contributed by atoms with Crippen LogP contribution in [0, 0.1) is 17.2 Å². The van der Waals surface area contributed by atoms with Crippen LogP contribution in [-0.4, -0.2) is 54.7 Å². The van der Waals surface area contributed by atoms with Crippen LogP contribution in [0.4, 0.5) is 17.5 Å². The molecule has 0 spiro atoms. The van der Waals surface area contributed by atoms with Gasteiger partial charge in [-0.3, -0.25) is 9.48 Å². The Balaban J connectivity index is 1.56. The van der Waals surface area contributed by atoms with Crippen molar-refractivity contribution in [1.29, 1.82) is 5.26 Å². The molecule has 10 nitrogen and oxygen atoms in total. The van der Waals surface area contributed by atoms with Gasteiger partial charge in [0.1, 0.15) is 23.1 Å². The molecule has 1 unspecified atom stereocenters. The van der Waals surface area contributed by atoms with Gasteiger partial charge in [-0.15, -0.1) is 0 Å². The summed E-state index contributed by atoms with van der Waals surface area (Å²) in [6.07, 6.45) is 8.67. The number of aromatic nitrogens is 5. The van der Waals surface area contributed by atoms with E-state index in [4.69, 9.17) is 11.6 Å². The first-order valence-corrected chi connectivity index (χ1v) is 11.8. The number of nitrogens with one attached hydrogen (secondary N) is 3. The molecule has 3 aromatic heterocycles. The standard InChI is InChI=1S/C23H28ClN9O/c1-4-33-13-17(10-27-33)29-23-30-20-19(18(24)11-26-20)21(31-23)28-16-6-5-7-32(12-16)22(34)15(9-25)8-14(2)3/h8,10-11,13-14,16H,4-7,12H2,1-3H3,(H3,26,28,29,30,31)/b15-8+. The summed E-state index contributed by atoms with van der Waals surface area (Å²) in [5, 5.41) is 21.6.